The number of nitrogens with one attached hydrogen (secondary N) is 1. The number of nitrogens with two attached hydrogens (primary N) is 1. The summed E-state index contributed by atoms with van der Waals surface area (Å²) >= 11 is 5.55. The summed E-state index contributed by atoms with van der Waals surface area (Å²) in [5, 5.41) is 0.0656. The van der Waals surface area contributed by atoms with Crippen molar-refractivity contribution >= 4 is 17.5 Å². The fourth-order valence-electron chi connectivity index (χ4n) is 0.762. The summed E-state index contributed by atoms with van der Waals surface area (Å²) in [6.45, 7) is 0. The molecule has 14 heavy (non-hydrogen) atoms. The van der Waals surface area contributed by atoms with Crippen molar-refractivity contribution in [2.75, 3.05) is 0 Å². The summed E-state index contributed by atoms with van der Waals surface area (Å²) in [6, 6.07) is 1.42. The van der Waals surface area contributed by atoms with Gasteiger partial charge in [-0.15, -0.1) is 0 Å². The number of rotatable bonds is 1. The van der Waals surface area contributed by atoms with E-state index in [4.69, 9.17) is 17.3 Å². The molecule has 72 valence electrons. The minimum atomic E-state index is -0.493. The highest BCUT2D eigenvalue weighted by Gasteiger charge is 1.95. The van der Waals surface area contributed by atoms with Gasteiger partial charge in [-0.25, -0.2) is 0 Å². The topological polar surface area (TPSA) is 76.0 Å². The van der Waals surface area contributed by atoms with E-state index in [2.05, 4.69) is 16.8 Å². The van der Waals surface area contributed by atoms with Gasteiger partial charge >= 0.3 is 0 Å². The van der Waals surface area contributed by atoms with Crippen LogP contribution in [0.2, 0.25) is 5.02 Å². The molecule has 5 heteroatoms. The molecule has 0 atom stereocenters. The Morgan fingerprint density at radius 2 is 2.36 bits per heavy atom. The molecule has 1 rings (SSSR count). The first-order valence-corrected chi connectivity index (χ1v) is 4.13. The summed E-state index contributed by atoms with van der Waals surface area (Å²) in [7, 11) is 0. The third kappa shape index (κ3) is 2.96. The highest BCUT2D eigenvalue weighted by molar-refractivity contribution is 6.30. The van der Waals surface area contributed by atoms with Gasteiger partial charge in [0.2, 0.25) is 5.91 Å². The molecule has 0 aliphatic rings. The van der Waals surface area contributed by atoms with Gasteiger partial charge in [0.05, 0.1) is 6.42 Å². The molecule has 0 fully saturated rings. The first kappa shape index (κ1) is 10.4. The van der Waals surface area contributed by atoms with E-state index >= 15 is 0 Å². The van der Waals surface area contributed by atoms with E-state index in [-0.39, 0.29) is 17.0 Å². The lowest BCUT2D eigenvalue weighted by atomic mass is 10.3. The van der Waals surface area contributed by atoms with Crippen molar-refractivity contribution in [3.05, 3.63) is 33.2 Å². The molecule has 4 nitrogen and oxygen atoms in total. The van der Waals surface area contributed by atoms with Crippen LogP contribution in [0.1, 0.15) is 12.0 Å². The number of hydrogen-bond donors (Lipinski definition) is 2. The number of halogens is 1. The molecule has 0 aliphatic heterocycles. The van der Waals surface area contributed by atoms with Gasteiger partial charge in [-0.05, 0) is 6.07 Å². The number of amides is 1. The van der Waals surface area contributed by atoms with Crippen LogP contribution in [-0.4, -0.2) is 10.9 Å². The SMILES string of the molecule is NC(=O)CC#Cc1c[nH]c(=O)c(Cl)c1. The predicted octanol–water partition coefficient (Wildman–Crippen LogP) is 0.255. The van der Waals surface area contributed by atoms with Gasteiger partial charge in [-0.3, -0.25) is 9.59 Å². The molecule has 1 aromatic rings. The zero-order valence-corrected chi connectivity index (χ0v) is 7.89. The van der Waals surface area contributed by atoms with Gasteiger partial charge < -0.3 is 10.7 Å². The van der Waals surface area contributed by atoms with Crippen molar-refractivity contribution in [3.63, 3.8) is 0 Å². The van der Waals surface area contributed by atoms with Crippen LogP contribution in [0.4, 0.5) is 0 Å². The summed E-state index contributed by atoms with van der Waals surface area (Å²) in [5.74, 6) is 4.69. The number of primary amides is 1. The fraction of sp³-hybridized carbons (Fsp3) is 0.111. The fourth-order valence-corrected chi connectivity index (χ4v) is 0.934. The highest BCUT2D eigenvalue weighted by Crippen LogP contribution is 2.01. The largest absolute Gasteiger partial charge is 0.369 e. The van der Waals surface area contributed by atoms with Crippen LogP contribution in [0, 0.1) is 11.8 Å². The van der Waals surface area contributed by atoms with Crippen LogP contribution in [0.5, 0.6) is 0 Å². The lowest BCUT2D eigenvalue weighted by Gasteiger charge is -1.90. The summed E-state index contributed by atoms with van der Waals surface area (Å²) in [6.07, 6.45) is 1.40. The Labute approximate surface area is 85.1 Å². The number of hydrogen-bond acceptors (Lipinski definition) is 2. The van der Waals surface area contributed by atoms with E-state index in [1.165, 1.54) is 12.3 Å². The molecule has 0 bridgehead atoms. The average Bonchev–Trinajstić information content (AvgIpc) is 2.10. The molecule has 0 aromatic carbocycles. The first-order valence-electron chi connectivity index (χ1n) is 3.75. The average molecular weight is 211 g/mol. The lowest BCUT2D eigenvalue weighted by molar-refractivity contribution is -0.117. The summed E-state index contributed by atoms with van der Waals surface area (Å²) in [5.41, 5.74) is 5.05. The van der Waals surface area contributed by atoms with Crippen molar-refractivity contribution in [2.24, 2.45) is 5.73 Å². The zero-order chi connectivity index (χ0) is 10.6. The van der Waals surface area contributed by atoms with Crippen LogP contribution in [0.3, 0.4) is 0 Å². The molecule has 0 saturated carbocycles. The zero-order valence-electron chi connectivity index (χ0n) is 7.13. The van der Waals surface area contributed by atoms with E-state index in [0.717, 1.165) is 0 Å². The number of aromatic amines is 1. The van der Waals surface area contributed by atoms with Gasteiger partial charge in [0, 0.05) is 11.8 Å². The van der Waals surface area contributed by atoms with Gasteiger partial charge in [0.1, 0.15) is 5.02 Å². The highest BCUT2D eigenvalue weighted by atomic mass is 35.5. The minimum Gasteiger partial charge on any atom is -0.369 e. The number of aromatic nitrogens is 1. The van der Waals surface area contributed by atoms with E-state index in [9.17, 15) is 9.59 Å². The molecule has 1 aromatic heterocycles. The molecule has 1 heterocycles. The van der Waals surface area contributed by atoms with E-state index in [1.54, 1.807) is 0 Å². The molecule has 1 amide bonds. The number of H-pyrrole nitrogens is 1. The van der Waals surface area contributed by atoms with Crippen LogP contribution in [0.15, 0.2) is 17.1 Å². The smallest absolute Gasteiger partial charge is 0.266 e. The maximum absolute atomic E-state index is 10.8. The van der Waals surface area contributed by atoms with Crippen LogP contribution in [-0.2, 0) is 4.79 Å². The van der Waals surface area contributed by atoms with Crippen molar-refractivity contribution in [1.29, 1.82) is 0 Å². The van der Waals surface area contributed by atoms with Crippen molar-refractivity contribution in [2.45, 2.75) is 6.42 Å². The molecule has 0 spiro atoms. The molecule has 0 unspecified atom stereocenters. The van der Waals surface area contributed by atoms with Crippen LogP contribution in [0.25, 0.3) is 0 Å². The Kier molecular flexibility index (Phi) is 3.32. The van der Waals surface area contributed by atoms with E-state index in [0.29, 0.717) is 5.56 Å². The molecule has 3 N–H and O–H groups in total. The first-order chi connectivity index (χ1) is 6.59. The van der Waals surface area contributed by atoms with Gasteiger partial charge in [0.25, 0.3) is 5.56 Å². The van der Waals surface area contributed by atoms with Gasteiger partial charge in [-0.2, -0.15) is 0 Å². The molecular formula is C9H7ClN2O2. The Morgan fingerprint density at radius 1 is 1.64 bits per heavy atom. The Balaban J connectivity index is 2.86. The molecule has 0 saturated heterocycles. The number of carbonyl (C=O) groups is 1. The third-order valence-electron chi connectivity index (χ3n) is 1.35. The standard InChI is InChI=1S/C9H7ClN2O2/c10-7-4-6(5-12-9(7)14)2-1-3-8(11)13/h4-5H,3H2,(H2,11,13)(H,12,14). The maximum atomic E-state index is 10.8. The Bertz CT molecular complexity index is 468. The number of pyridine rings is 1. The van der Waals surface area contributed by atoms with E-state index in [1.807, 2.05) is 0 Å². The molecule has 0 aliphatic carbocycles. The summed E-state index contributed by atoms with van der Waals surface area (Å²) in [4.78, 5) is 23.6. The maximum Gasteiger partial charge on any atom is 0.266 e. The lowest BCUT2D eigenvalue weighted by Crippen LogP contribution is -2.08. The minimum absolute atomic E-state index is 0.0171. The quantitative estimate of drug-likeness (QED) is 0.653. The second-order valence-corrected chi connectivity index (χ2v) is 2.92. The van der Waals surface area contributed by atoms with Crippen LogP contribution >= 0.6 is 11.6 Å². The van der Waals surface area contributed by atoms with Gasteiger partial charge in [-0.1, -0.05) is 23.4 Å². The second-order valence-electron chi connectivity index (χ2n) is 2.51. The van der Waals surface area contributed by atoms with Crippen molar-refractivity contribution in [1.82, 2.24) is 4.98 Å². The molecule has 0 radical (unpaired) electrons. The second kappa shape index (κ2) is 4.49. The third-order valence-corrected chi connectivity index (χ3v) is 1.63. The van der Waals surface area contributed by atoms with Crippen molar-refractivity contribution < 1.29 is 4.79 Å². The monoisotopic (exact) mass is 210 g/mol. The number of carbonyl (C=O) groups excluding carboxylic acids is 1. The Morgan fingerprint density at radius 3 is 2.93 bits per heavy atom. The predicted molar refractivity (Wildman–Crippen MR) is 52.8 cm³/mol. The normalized spacial score (nSPS) is 8.93. The van der Waals surface area contributed by atoms with Crippen molar-refractivity contribution in [3.8, 4) is 11.8 Å². The van der Waals surface area contributed by atoms with Crippen LogP contribution < -0.4 is 11.3 Å². The summed E-state index contributed by atoms with van der Waals surface area (Å²) < 4.78 is 0. The van der Waals surface area contributed by atoms with Gasteiger partial charge in [0.15, 0.2) is 0 Å². The van der Waals surface area contributed by atoms with E-state index < -0.39 is 5.91 Å². The Hall–Kier alpha value is -1.73. The molecular weight excluding hydrogens is 204 g/mol.